The normalized spacial score (nSPS) is 11.0. The molecule has 4 aromatic rings. The summed E-state index contributed by atoms with van der Waals surface area (Å²) in [7, 11) is 1.99. The minimum absolute atomic E-state index is 0.0541. The Hall–Kier alpha value is -3.39. The number of nitrogens with one attached hydrogen (secondary N) is 1. The molecule has 0 aliphatic heterocycles. The van der Waals surface area contributed by atoms with Crippen LogP contribution in [-0.2, 0) is 17.6 Å². The largest absolute Gasteiger partial charge is 0.484 e. The molecule has 2 aromatic carbocycles. The molecule has 7 nitrogen and oxygen atoms in total. The van der Waals surface area contributed by atoms with Gasteiger partial charge in [0, 0.05) is 24.1 Å². The number of nitrogens with zero attached hydrogens (tertiary/aromatic N) is 4. The van der Waals surface area contributed by atoms with Crippen LogP contribution in [0, 0.1) is 20.8 Å². The molecule has 8 heteroatoms. The Morgan fingerprint density at radius 2 is 1.81 bits per heavy atom. The molecule has 0 spiro atoms. The van der Waals surface area contributed by atoms with Crippen LogP contribution in [0.3, 0.4) is 0 Å². The third-order valence-corrected chi connectivity index (χ3v) is 5.75. The molecule has 0 unspecified atom stereocenters. The zero-order valence-electron chi connectivity index (χ0n) is 18.5. The minimum Gasteiger partial charge on any atom is -0.484 e. The predicted octanol–water partition coefficient (Wildman–Crippen LogP) is 4.60. The Bertz CT molecular complexity index is 1260. The van der Waals surface area contributed by atoms with Crippen molar-refractivity contribution in [1.29, 1.82) is 0 Å². The van der Waals surface area contributed by atoms with Gasteiger partial charge in [0.05, 0.1) is 16.8 Å². The smallest absolute Gasteiger partial charge is 0.262 e. The van der Waals surface area contributed by atoms with E-state index in [1.807, 2.05) is 76.3 Å². The van der Waals surface area contributed by atoms with E-state index in [0.29, 0.717) is 17.2 Å². The molecule has 0 saturated carbocycles. The second-order valence-electron chi connectivity index (χ2n) is 7.67. The van der Waals surface area contributed by atoms with Crippen molar-refractivity contribution in [3.05, 3.63) is 71.3 Å². The van der Waals surface area contributed by atoms with Gasteiger partial charge in [0.15, 0.2) is 11.8 Å². The van der Waals surface area contributed by atoms with Crippen LogP contribution in [0.2, 0.25) is 0 Å². The Labute approximate surface area is 191 Å². The van der Waals surface area contributed by atoms with E-state index in [0.717, 1.165) is 39.0 Å². The second kappa shape index (κ2) is 9.40. The summed E-state index contributed by atoms with van der Waals surface area (Å²) < 4.78 is 7.63. The first-order valence-electron chi connectivity index (χ1n) is 10.3. The van der Waals surface area contributed by atoms with Gasteiger partial charge in [0.1, 0.15) is 11.6 Å². The number of anilines is 1. The van der Waals surface area contributed by atoms with E-state index in [1.165, 1.54) is 0 Å². The zero-order valence-corrected chi connectivity index (χ0v) is 19.4. The summed E-state index contributed by atoms with van der Waals surface area (Å²) in [4.78, 5) is 26.0. The Morgan fingerprint density at radius 1 is 1.03 bits per heavy atom. The van der Waals surface area contributed by atoms with Crippen LogP contribution >= 0.6 is 11.8 Å². The van der Waals surface area contributed by atoms with Crippen LogP contribution in [0.25, 0.3) is 11.0 Å². The number of hydrogen-bond acceptors (Lipinski definition) is 6. The van der Waals surface area contributed by atoms with Gasteiger partial charge in [0.25, 0.3) is 5.91 Å². The number of carbonyl (C=O) groups excluding carboxylic acids is 1. The fourth-order valence-corrected chi connectivity index (χ4v) is 4.33. The maximum atomic E-state index is 12.3. The number of fused-ring (bicyclic) bond motifs is 1. The predicted molar refractivity (Wildman–Crippen MR) is 127 cm³/mol. The molecule has 0 radical (unpaired) electrons. The Morgan fingerprint density at radius 3 is 2.56 bits per heavy atom. The van der Waals surface area contributed by atoms with E-state index in [4.69, 9.17) is 9.72 Å². The van der Waals surface area contributed by atoms with Gasteiger partial charge in [-0.05, 0) is 62.7 Å². The van der Waals surface area contributed by atoms with Crippen molar-refractivity contribution in [3.63, 3.8) is 0 Å². The molecule has 0 saturated heterocycles. The number of carbonyl (C=O) groups is 1. The number of hydrogen-bond donors (Lipinski definition) is 1. The third kappa shape index (κ3) is 5.26. The SMILES string of the molecule is Cc1cccc(OCC(=O)Nc2ccc3c(c2)nc(CSc2nc(C)cc(C)n2)n3C)c1. The van der Waals surface area contributed by atoms with Gasteiger partial charge >= 0.3 is 0 Å². The molecule has 2 heterocycles. The number of thioether (sulfide) groups is 1. The monoisotopic (exact) mass is 447 g/mol. The van der Waals surface area contributed by atoms with Crippen LogP contribution in [0.15, 0.2) is 53.7 Å². The summed E-state index contributed by atoms with van der Waals surface area (Å²) in [5.41, 5.74) is 5.50. The summed E-state index contributed by atoms with van der Waals surface area (Å²) >= 11 is 1.56. The second-order valence-corrected chi connectivity index (χ2v) is 8.61. The average molecular weight is 448 g/mol. The number of imidazole rings is 1. The average Bonchev–Trinajstić information content (AvgIpc) is 3.05. The fraction of sp³-hybridized carbons (Fsp3) is 0.250. The third-order valence-electron chi connectivity index (χ3n) is 4.91. The molecule has 0 atom stereocenters. The molecular weight excluding hydrogens is 422 g/mol. The van der Waals surface area contributed by atoms with Crippen LogP contribution in [0.5, 0.6) is 5.75 Å². The summed E-state index contributed by atoms with van der Waals surface area (Å²) in [6.45, 7) is 5.86. The van der Waals surface area contributed by atoms with Crippen molar-refractivity contribution >= 4 is 34.4 Å². The van der Waals surface area contributed by atoms with Gasteiger partial charge < -0.3 is 14.6 Å². The molecule has 164 valence electrons. The standard InChI is InChI=1S/C24H25N5O2S/c1-15-6-5-7-19(10-15)31-13-23(30)27-18-8-9-21-20(12-18)28-22(29(21)4)14-32-24-25-16(2)11-17(3)26-24/h5-12H,13-14H2,1-4H3,(H,27,30). The van der Waals surface area contributed by atoms with E-state index < -0.39 is 0 Å². The van der Waals surface area contributed by atoms with E-state index in [9.17, 15) is 4.79 Å². The fourth-order valence-electron chi connectivity index (χ4n) is 3.39. The summed E-state index contributed by atoms with van der Waals surface area (Å²) in [6.07, 6.45) is 0. The zero-order chi connectivity index (χ0) is 22.7. The number of ether oxygens (including phenoxy) is 1. The van der Waals surface area contributed by atoms with Gasteiger partial charge in [-0.1, -0.05) is 23.9 Å². The summed E-state index contributed by atoms with van der Waals surface area (Å²) in [5, 5.41) is 3.63. The quantitative estimate of drug-likeness (QED) is 0.329. The van der Waals surface area contributed by atoms with E-state index >= 15 is 0 Å². The molecule has 0 bridgehead atoms. The highest BCUT2D eigenvalue weighted by Gasteiger charge is 2.12. The number of aryl methyl sites for hydroxylation is 4. The Kier molecular flexibility index (Phi) is 6.41. The van der Waals surface area contributed by atoms with Crippen LogP contribution in [0.4, 0.5) is 5.69 Å². The van der Waals surface area contributed by atoms with Crippen molar-refractivity contribution in [1.82, 2.24) is 19.5 Å². The molecular formula is C24H25N5O2S. The lowest BCUT2D eigenvalue weighted by Gasteiger charge is -2.08. The number of amides is 1. The molecule has 1 amide bonds. The van der Waals surface area contributed by atoms with Crippen LogP contribution < -0.4 is 10.1 Å². The van der Waals surface area contributed by atoms with Crippen LogP contribution in [0.1, 0.15) is 22.8 Å². The molecule has 0 fully saturated rings. The first kappa shape index (κ1) is 21.8. The number of rotatable bonds is 7. The maximum absolute atomic E-state index is 12.3. The number of aromatic nitrogens is 4. The lowest BCUT2D eigenvalue weighted by atomic mass is 10.2. The first-order chi connectivity index (χ1) is 15.4. The number of benzene rings is 2. The highest BCUT2D eigenvalue weighted by Crippen LogP contribution is 2.24. The summed E-state index contributed by atoms with van der Waals surface area (Å²) in [6, 6.07) is 15.3. The van der Waals surface area contributed by atoms with Gasteiger partial charge in [-0.2, -0.15) is 0 Å². The van der Waals surface area contributed by atoms with Gasteiger partial charge in [-0.3, -0.25) is 4.79 Å². The molecule has 4 rings (SSSR count). The van der Waals surface area contributed by atoms with Gasteiger partial charge in [-0.25, -0.2) is 15.0 Å². The lowest BCUT2D eigenvalue weighted by molar-refractivity contribution is -0.118. The van der Waals surface area contributed by atoms with Crippen molar-refractivity contribution in [2.24, 2.45) is 7.05 Å². The highest BCUT2D eigenvalue weighted by molar-refractivity contribution is 7.98. The van der Waals surface area contributed by atoms with E-state index in [-0.39, 0.29) is 12.5 Å². The van der Waals surface area contributed by atoms with Crippen molar-refractivity contribution < 1.29 is 9.53 Å². The van der Waals surface area contributed by atoms with E-state index in [1.54, 1.807) is 11.8 Å². The molecule has 0 aliphatic rings. The first-order valence-corrected chi connectivity index (χ1v) is 11.3. The Balaban J connectivity index is 1.41. The van der Waals surface area contributed by atoms with Gasteiger partial charge in [-0.15, -0.1) is 0 Å². The van der Waals surface area contributed by atoms with E-state index in [2.05, 4.69) is 19.9 Å². The van der Waals surface area contributed by atoms with Crippen LogP contribution in [-0.4, -0.2) is 32.0 Å². The van der Waals surface area contributed by atoms with Crippen molar-refractivity contribution in [2.75, 3.05) is 11.9 Å². The molecule has 0 aliphatic carbocycles. The summed E-state index contributed by atoms with van der Waals surface area (Å²) in [5.74, 6) is 2.03. The maximum Gasteiger partial charge on any atom is 0.262 e. The topological polar surface area (TPSA) is 81.9 Å². The van der Waals surface area contributed by atoms with Gasteiger partial charge in [0.2, 0.25) is 0 Å². The minimum atomic E-state index is -0.218. The highest BCUT2D eigenvalue weighted by atomic mass is 32.2. The van der Waals surface area contributed by atoms with Crippen molar-refractivity contribution in [3.8, 4) is 5.75 Å². The molecule has 1 N–H and O–H groups in total. The lowest BCUT2D eigenvalue weighted by Crippen LogP contribution is -2.20. The van der Waals surface area contributed by atoms with Crippen molar-refractivity contribution in [2.45, 2.75) is 31.7 Å². The molecule has 2 aromatic heterocycles. The molecule has 32 heavy (non-hydrogen) atoms.